The Morgan fingerprint density at radius 1 is 1.00 bits per heavy atom. The van der Waals surface area contributed by atoms with Gasteiger partial charge in [0.15, 0.2) is 0 Å². The van der Waals surface area contributed by atoms with Crippen LogP contribution in [0.1, 0.15) is 0 Å². The van der Waals surface area contributed by atoms with E-state index in [1.54, 1.807) is 19.5 Å². The molecule has 3 aromatic rings. The molecule has 0 fully saturated rings. The first-order valence-corrected chi connectivity index (χ1v) is 5.98. The summed E-state index contributed by atoms with van der Waals surface area (Å²) in [5, 5.41) is 4.36. The third-order valence-electron chi connectivity index (χ3n) is 2.88. The molecule has 4 heteroatoms. The number of nitrogens with zero attached hydrogens (tertiary/aromatic N) is 3. The van der Waals surface area contributed by atoms with Gasteiger partial charge in [0.1, 0.15) is 0 Å². The van der Waals surface area contributed by atoms with E-state index in [4.69, 9.17) is 4.74 Å². The highest BCUT2D eigenvalue weighted by atomic mass is 16.5. The van der Waals surface area contributed by atoms with Crippen LogP contribution in [0.3, 0.4) is 0 Å². The summed E-state index contributed by atoms with van der Waals surface area (Å²) in [5.74, 6) is 0.606. The Kier molecular flexibility index (Phi) is 2.98. The number of methoxy groups -OCH3 is 1. The van der Waals surface area contributed by atoms with Crippen molar-refractivity contribution in [2.45, 2.75) is 0 Å². The lowest BCUT2D eigenvalue weighted by atomic mass is 10.2. The van der Waals surface area contributed by atoms with Crippen LogP contribution in [0.15, 0.2) is 60.9 Å². The number of aromatic nitrogens is 3. The van der Waals surface area contributed by atoms with E-state index < -0.39 is 0 Å². The van der Waals surface area contributed by atoms with Crippen LogP contribution >= 0.6 is 0 Å². The summed E-state index contributed by atoms with van der Waals surface area (Å²) in [6.45, 7) is 0. The van der Waals surface area contributed by atoms with E-state index in [9.17, 15) is 0 Å². The van der Waals surface area contributed by atoms with Gasteiger partial charge in [-0.2, -0.15) is 5.10 Å². The second-order valence-corrected chi connectivity index (χ2v) is 4.05. The van der Waals surface area contributed by atoms with E-state index >= 15 is 0 Å². The van der Waals surface area contributed by atoms with Crippen LogP contribution in [0.2, 0.25) is 0 Å². The maximum Gasteiger partial charge on any atom is 0.212 e. The highest BCUT2D eigenvalue weighted by Gasteiger charge is 2.07. The van der Waals surface area contributed by atoms with E-state index in [-0.39, 0.29) is 0 Å². The Bertz CT molecular complexity index is 659. The van der Waals surface area contributed by atoms with Crippen LogP contribution in [0.5, 0.6) is 5.88 Å². The zero-order valence-corrected chi connectivity index (χ0v) is 10.5. The van der Waals surface area contributed by atoms with Crippen LogP contribution in [0.4, 0.5) is 0 Å². The molecule has 0 aliphatic carbocycles. The minimum Gasteiger partial charge on any atom is -0.481 e. The Hall–Kier alpha value is -2.62. The summed E-state index contributed by atoms with van der Waals surface area (Å²) in [6.07, 6.45) is 3.57. The van der Waals surface area contributed by atoms with E-state index in [2.05, 4.69) is 10.1 Å². The zero-order valence-electron chi connectivity index (χ0n) is 10.5. The summed E-state index contributed by atoms with van der Waals surface area (Å²) < 4.78 is 6.96. The molecule has 1 aromatic carbocycles. The first-order valence-electron chi connectivity index (χ1n) is 5.98. The van der Waals surface area contributed by atoms with Crippen molar-refractivity contribution in [1.29, 1.82) is 0 Å². The first kappa shape index (κ1) is 11.5. The predicted octanol–water partition coefficient (Wildman–Crippen LogP) is 2.94. The number of benzene rings is 1. The third kappa shape index (κ3) is 2.20. The van der Waals surface area contributed by atoms with Gasteiger partial charge in [-0.3, -0.25) is 0 Å². The van der Waals surface area contributed by atoms with Gasteiger partial charge < -0.3 is 4.74 Å². The lowest BCUT2D eigenvalue weighted by Gasteiger charge is -2.07. The number of rotatable bonds is 3. The minimum absolute atomic E-state index is 0.606. The fourth-order valence-corrected chi connectivity index (χ4v) is 1.95. The molecule has 0 unspecified atom stereocenters. The first-order chi connectivity index (χ1) is 9.38. The molecule has 0 amide bonds. The predicted molar refractivity (Wildman–Crippen MR) is 73.3 cm³/mol. The zero-order chi connectivity index (χ0) is 13.1. The van der Waals surface area contributed by atoms with E-state index in [1.807, 2.05) is 53.2 Å². The molecule has 0 saturated heterocycles. The quantitative estimate of drug-likeness (QED) is 0.718. The standard InChI is InChI=1S/C15H13N3O/c1-19-15-8-7-12(11-16-15)14-9-10-17-18(14)13-5-3-2-4-6-13/h2-11H,1H3. The van der Waals surface area contributed by atoms with Gasteiger partial charge in [-0.05, 0) is 24.3 Å². The summed E-state index contributed by atoms with van der Waals surface area (Å²) in [5.41, 5.74) is 3.03. The van der Waals surface area contributed by atoms with E-state index in [1.165, 1.54) is 0 Å². The molecule has 0 aliphatic rings. The second-order valence-electron chi connectivity index (χ2n) is 4.05. The fraction of sp³-hybridized carbons (Fsp3) is 0.0667. The molecule has 0 radical (unpaired) electrons. The Balaban J connectivity index is 2.04. The average molecular weight is 251 g/mol. The molecule has 0 N–H and O–H groups in total. The van der Waals surface area contributed by atoms with Gasteiger partial charge in [0.2, 0.25) is 5.88 Å². The van der Waals surface area contributed by atoms with Crippen LogP contribution in [0, 0.1) is 0 Å². The molecular weight excluding hydrogens is 238 g/mol. The topological polar surface area (TPSA) is 39.9 Å². The van der Waals surface area contributed by atoms with Crippen LogP contribution in [-0.2, 0) is 0 Å². The summed E-state index contributed by atoms with van der Waals surface area (Å²) >= 11 is 0. The molecule has 0 atom stereocenters. The molecule has 2 heterocycles. The number of hydrogen-bond donors (Lipinski definition) is 0. The molecule has 2 aromatic heterocycles. The molecule has 3 rings (SSSR count). The molecule has 19 heavy (non-hydrogen) atoms. The molecular formula is C15H13N3O. The van der Waals surface area contributed by atoms with Gasteiger partial charge in [-0.15, -0.1) is 0 Å². The Morgan fingerprint density at radius 2 is 1.84 bits per heavy atom. The number of hydrogen-bond acceptors (Lipinski definition) is 3. The highest BCUT2D eigenvalue weighted by Crippen LogP contribution is 2.22. The molecule has 94 valence electrons. The summed E-state index contributed by atoms with van der Waals surface area (Å²) in [4.78, 5) is 4.22. The van der Waals surface area contributed by atoms with Crippen molar-refractivity contribution in [2.24, 2.45) is 0 Å². The van der Waals surface area contributed by atoms with Crippen LogP contribution in [-0.4, -0.2) is 21.9 Å². The molecule has 4 nitrogen and oxygen atoms in total. The molecule has 0 aliphatic heterocycles. The Morgan fingerprint density at radius 3 is 2.53 bits per heavy atom. The third-order valence-corrected chi connectivity index (χ3v) is 2.88. The van der Waals surface area contributed by atoms with Gasteiger partial charge >= 0.3 is 0 Å². The van der Waals surface area contributed by atoms with Crippen LogP contribution in [0.25, 0.3) is 16.9 Å². The van der Waals surface area contributed by atoms with Gasteiger partial charge in [0.05, 0.1) is 24.7 Å². The fourth-order valence-electron chi connectivity index (χ4n) is 1.95. The molecule has 0 saturated carbocycles. The Labute approximate surface area is 111 Å². The van der Waals surface area contributed by atoms with Crippen LogP contribution < -0.4 is 4.74 Å². The summed E-state index contributed by atoms with van der Waals surface area (Å²) in [6, 6.07) is 15.8. The number of ether oxygens (including phenoxy) is 1. The maximum absolute atomic E-state index is 5.07. The van der Waals surface area contributed by atoms with Gasteiger partial charge in [-0.1, -0.05) is 18.2 Å². The van der Waals surface area contributed by atoms with Crippen molar-refractivity contribution in [2.75, 3.05) is 7.11 Å². The SMILES string of the molecule is COc1ccc(-c2ccnn2-c2ccccc2)cn1. The maximum atomic E-state index is 5.07. The average Bonchev–Trinajstić information content (AvgIpc) is 2.98. The lowest BCUT2D eigenvalue weighted by molar-refractivity contribution is 0.398. The van der Waals surface area contributed by atoms with Crippen molar-refractivity contribution >= 4 is 0 Å². The van der Waals surface area contributed by atoms with Crippen molar-refractivity contribution in [3.8, 4) is 22.8 Å². The van der Waals surface area contributed by atoms with Crippen molar-refractivity contribution in [3.63, 3.8) is 0 Å². The van der Waals surface area contributed by atoms with Crippen molar-refractivity contribution in [1.82, 2.24) is 14.8 Å². The number of pyridine rings is 1. The molecule has 0 bridgehead atoms. The second kappa shape index (κ2) is 4.94. The van der Waals surface area contributed by atoms with Crippen molar-refractivity contribution in [3.05, 3.63) is 60.9 Å². The summed E-state index contributed by atoms with van der Waals surface area (Å²) in [7, 11) is 1.61. The van der Waals surface area contributed by atoms with Gasteiger partial charge in [0, 0.05) is 17.8 Å². The van der Waals surface area contributed by atoms with E-state index in [0.717, 1.165) is 16.9 Å². The smallest absolute Gasteiger partial charge is 0.212 e. The molecule has 0 spiro atoms. The largest absolute Gasteiger partial charge is 0.481 e. The minimum atomic E-state index is 0.606. The van der Waals surface area contributed by atoms with E-state index in [0.29, 0.717) is 5.88 Å². The normalized spacial score (nSPS) is 10.4. The highest BCUT2D eigenvalue weighted by molar-refractivity contribution is 5.61. The monoisotopic (exact) mass is 251 g/mol. The lowest BCUT2D eigenvalue weighted by Crippen LogP contribution is -1.98. The van der Waals surface area contributed by atoms with Crippen molar-refractivity contribution < 1.29 is 4.74 Å². The van der Waals surface area contributed by atoms with Gasteiger partial charge in [0.25, 0.3) is 0 Å². The number of para-hydroxylation sites is 1. The van der Waals surface area contributed by atoms with Gasteiger partial charge in [-0.25, -0.2) is 9.67 Å².